The van der Waals surface area contributed by atoms with Crippen molar-refractivity contribution in [1.82, 2.24) is 0 Å². The third-order valence-electron chi connectivity index (χ3n) is 4.11. The Morgan fingerprint density at radius 2 is 1.65 bits per heavy atom. The zero-order valence-corrected chi connectivity index (χ0v) is 14.5. The lowest BCUT2D eigenvalue weighted by Crippen LogP contribution is -2.87. The number of hydrogen-bond donors (Lipinski definition) is 2. The summed E-state index contributed by atoms with van der Waals surface area (Å²) in [7, 11) is 0. The molecule has 0 saturated heterocycles. The molecule has 23 heavy (non-hydrogen) atoms. The van der Waals surface area contributed by atoms with E-state index in [1.807, 2.05) is 32.0 Å². The van der Waals surface area contributed by atoms with Crippen molar-refractivity contribution in [2.24, 2.45) is 0 Å². The van der Waals surface area contributed by atoms with Gasteiger partial charge in [0.2, 0.25) is 0 Å². The Morgan fingerprint density at radius 1 is 1.04 bits per heavy atom. The Kier molecular flexibility index (Phi) is 6.20. The van der Waals surface area contributed by atoms with Gasteiger partial charge < -0.3 is 15.2 Å². The fourth-order valence-electron chi connectivity index (χ4n) is 2.90. The Balaban J connectivity index is 1.83. The minimum Gasteiger partial charge on any atom is -0.490 e. The van der Waals surface area contributed by atoms with E-state index < -0.39 is 6.10 Å². The quantitative estimate of drug-likeness (QED) is 0.825. The lowest BCUT2D eigenvalue weighted by molar-refractivity contribution is -0.698. The van der Waals surface area contributed by atoms with Crippen LogP contribution in [0.3, 0.4) is 0 Å². The standard InChI is InChI=1S/C20H27NO2/c1-14-10-15(2)20(16(3)11-14)23-13-19(22)12-21-17(4)18-8-6-5-7-9-18/h5-11,17,19,21-22H,12-13H2,1-4H3/p+1/t17-,19-/m1/s1. The van der Waals surface area contributed by atoms with Gasteiger partial charge in [-0.1, -0.05) is 48.0 Å². The Hall–Kier alpha value is -1.84. The van der Waals surface area contributed by atoms with Crippen molar-refractivity contribution in [3.05, 3.63) is 64.7 Å². The second kappa shape index (κ2) is 8.14. The smallest absolute Gasteiger partial charge is 0.137 e. The van der Waals surface area contributed by atoms with E-state index in [0.717, 1.165) is 16.9 Å². The van der Waals surface area contributed by atoms with Crippen LogP contribution >= 0.6 is 0 Å². The normalized spacial score (nSPS) is 13.6. The van der Waals surface area contributed by atoms with Gasteiger partial charge in [-0.15, -0.1) is 0 Å². The molecule has 0 spiro atoms. The fraction of sp³-hybridized carbons (Fsp3) is 0.400. The van der Waals surface area contributed by atoms with Crippen LogP contribution in [0, 0.1) is 20.8 Å². The highest BCUT2D eigenvalue weighted by atomic mass is 16.5. The van der Waals surface area contributed by atoms with E-state index >= 15 is 0 Å². The highest BCUT2D eigenvalue weighted by Crippen LogP contribution is 2.24. The van der Waals surface area contributed by atoms with E-state index in [1.165, 1.54) is 11.1 Å². The summed E-state index contributed by atoms with van der Waals surface area (Å²) >= 11 is 0. The molecule has 0 aromatic heterocycles. The number of aryl methyl sites for hydroxylation is 3. The van der Waals surface area contributed by atoms with Gasteiger partial charge in [0.05, 0.1) is 0 Å². The number of ether oxygens (including phenoxy) is 1. The van der Waals surface area contributed by atoms with Crippen molar-refractivity contribution in [1.29, 1.82) is 0 Å². The summed E-state index contributed by atoms with van der Waals surface area (Å²) in [4.78, 5) is 0. The summed E-state index contributed by atoms with van der Waals surface area (Å²) in [5, 5.41) is 12.3. The van der Waals surface area contributed by atoms with Gasteiger partial charge in [0.1, 0.15) is 31.0 Å². The molecule has 0 bridgehead atoms. The summed E-state index contributed by atoms with van der Waals surface area (Å²) in [6.07, 6.45) is -0.485. The first-order valence-corrected chi connectivity index (χ1v) is 8.24. The SMILES string of the molecule is Cc1cc(C)c(OC[C@H](O)C[NH2+][C@H](C)c2ccccc2)c(C)c1. The molecule has 0 fully saturated rings. The van der Waals surface area contributed by atoms with E-state index in [4.69, 9.17) is 4.74 Å². The molecule has 0 aliphatic rings. The fourth-order valence-corrected chi connectivity index (χ4v) is 2.90. The number of aliphatic hydroxyl groups is 1. The van der Waals surface area contributed by atoms with Gasteiger partial charge in [0.15, 0.2) is 0 Å². The topological polar surface area (TPSA) is 46.1 Å². The van der Waals surface area contributed by atoms with Crippen molar-refractivity contribution in [3.8, 4) is 5.75 Å². The molecular weight excluding hydrogens is 286 g/mol. The average Bonchev–Trinajstić information content (AvgIpc) is 2.52. The van der Waals surface area contributed by atoms with Crippen molar-refractivity contribution in [2.75, 3.05) is 13.2 Å². The van der Waals surface area contributed by atoms with Crippen molar-refractivity contribution in [3.63, 3.8) is 0 Å². The maximum Gasteiger partial charge on any atom is 0.137 e. The molecule has 0 heterocycles. The zero-order chi connectivity index (χ0) is 16.8. The van der Waals surface area contributed by atoms with Crippen molar-refractivity contribution >= 4 is 0 Å². The van der Waals surface area contributed by atoms with E-state index in [0.29, 0.717) is 19.2 Å². The maximum absolute atomic E-state index is 10.2. The summed E-state index contributed by atoms with van der Waals surface area (Å²) in [5.41, 5.74) is 4.75. The van der Waals surface area contributed by atoms with Crippen LogP contribution in [-0.4, -0.2) is 24.4 Å². The molecule has 2 aromatic rings. The molecule has 0 radical (unpaired) electrons. The van der Waals surface area contributed by atoms with Crippen LogP contribution in [0.4, 0.5) is 0 Å². The van der Waals surface area contributed by atoms with Crippen LogP contribution in [0.25, 0.3) is 0 Å². The summed E-state index contributed by atoms with van der Waals surface area (Å²) in [6.45, 7) is 9.27. The number of benzene rings is 2. The highest BCUT2D eigenvalue weighted by Gasteiger charge is 2.14. The van der Waals surface area contributed by atoms with Crippen molar-refractivity contribution < 1.29 is 15.2 Å². The predicted octanol–water partition coefficient (Wildman–Crippen LogP) is 2.68. The molecule has 3 N–H and O–H groups in total. The van der Waals surface area contributed by atoms with Crippen LogP contribution in [0.5, 0.6) is 5.75 Å². The second-order valence-electron chi connectivity index (χ2n) is 6.36. The van der Waals surface area contributed by atoms with Crippen LogP contribution in [0.15, 0.2) is 42.5 Å². The van der Waals surface area contributed by atoms with Gasteiger partial charge in [0.25, 0.3) is 0 Å². The molecule has 2 rings (SSSR count). The molecule has 0 saturated carbocycles. The Bertz CT molecular complexity index is 602. The second-order valence-corrected chi connectivity index (χ2v) is 6.36. The van der Waals surface area contributed by atoms with Gasteiger partial charge in [-0.3, -0.25) is 0 Å². The number of rotatable bonds is 7. The van der Waals surface area contributed by atoms with Gasteiger partial charge in [-0.05, 0) is 38.8 Å². The largest absolute Gasteiger partial charge is 0.490 e. The highest BCUT2D eigenvalue weighted by molar-refractivity contribution is 5.42. The van der Waals surface area contributed by atoms with Crippen LogP contribution in [0.1, 0.15) is 35.2 Å². The van der Waals surface area contributed by atoms with Crippen LogP contribution < -0.4 is 10.1 Å². The van der Waals surface area contributed by atoms with E-state index in [-0.39, 0.29) is 0 Å². The number of quaternary nitrogens is 1. The lowest BCUT2D eigenvalue weighted by Gasteiger charge is -2.17. The summed E-state index contributed by atoms with van der Waals surface area (Å²) in [6, 6.07) is 14.9. The first-order valence-electron chi connectivity index (χ1n) is 8.24. The van der Waals surface area contributed by atoms with Gasteiger partial charge >= 0.3 is 0 Å². The molecule has 0 aliphatic heterocycles. The van der Waals surface area contributed by atoms with Crippen molar-refractivity contribution in [2.45, 2.75) is 39.8 Å². The molecular formula is C20H28NO2+. The van der Waals surface area contributed by atoms with Crippen LogP contribution in [-0.2, 0) is 0 Å². The number of aliphatic hydroxyl groups excluding tert-OH is 1. The Labute approximate surface area is 139 Å². The molecule has 2 aromatic carbocycles. The van der Waals surface area contributed by atoms with Gasteiger partial charge in [0, 0.05) is 5.56 Å². The lowest BCUT2D eigenvalue weighted by atomic mass is 10.1. The monoisotopic (exact) mass is 314 g/mol. The minimum absolute atomic E-state index is 0.322. The molecule has 3 nitrogen and oxygen atoms in total. The summed E-state index contributed by atoms with van der Waals surface area (Å²) in [5.74, 6) is 0.894. The van der Waals surface area contributed by atoms with E-state index in [2.05, 4.69) is 43.4 Å². The van der Waals surface area contributed by atoms with Gasteiger partial charge in [-0.25, -0.2) is 0 Å². The van der Waals surface area contributed by atoms with E-state index in [9.17, 15) is 5.11 Å². The zero-order valence-electron chi connectivity index (χ0n) is 14.5. The molecule has 0 aliphatic carbocycles. The first-order chi connectivity index (χ1) is 11.0. The summed E-state index contributed by atoms with van der Waals surface area (Å²) < 4.78 is 5.85. The average molecular weight is 314 g/mol. The van der Waals surface area contributed by atoms with Crippen LogP contribution in [0.2, 0.25) is 0 Å². The molecule has 0 unspecified atom stereocenters. The minimum atomic E-state index is -0.485. The molecule has 3 heteroatoms. The van der Waals surface area contributed by atoms with Gasteiger partial charge in [-0.2, -0.15) is 0 Å². The predicted molar refractivity (Wildman–Crippen MR) is 93.8 cm³/mol. The third kappa shape index (κ3) is 5.08. The molecule has 124 valence electrons. The number of nitrogens with two attached hydrogens (primary N) is 1. The number of hydrogen-bond acceptors (Lipinski definition) is 2. The molecule has 0 amide bonds. The Morgan fingerprint density at radius 3 is 2.26 bits per heavy atom. The first kappa shape index (κ1) is 17.5. The molecule has 2 atom stereocenters. The van der Waals surface area contributed by atoms with E-state index in [1.54, 1.807) is 0 Å². The maximum atomic E-state index is 10.2. The third-order valence-corrected chi connectivity index (χ3v) is 4.11.